The predicted octanol–water partition coefficient (Wildman–Crippen LogP) is 2.13. The van der Waals surface area contributed by atoms with Crippen LogP contribution in [-0.4, -0.2) is 31.6 Å². The highest BCUT2D eigenvalue weighted by Gasteiger charge is 2.17. The summed E-state index contributed by atoms with van der Waals surface area (Å²) in [5.41, 5.74) is 1.57. The standard InChI is InChI=1S/C14H19ClN2O3/c1-4-11(14(19)20-3)16-8-13(18)17-12-6-5-9(2)7-10(12)15/h5-7,11,16H,4,8H2,1-3H3,(H,17,18). The Kier molecular flexibility index (Phi) is 6.48. The van der Waals surface area contributed by atoms with Gasteiger partial charge in [0.1, 0.15) is 6.04 Å². The lowest BCUT2D eigenvalue weighted by atomic mass is 10.2. The fraction of sp³-hybridized carbons (Fsp3) is 0.429. The van der Waals surface area contributed by atoms with E-state index < -0.39 is 6.04 Å². The number of esters is 1. The quantitative estimate of drug-likeness (QED) is 0.790. The van der Waals surface area contributed by atoms with E-state index in [4.69, 9.17) is 11.6 Å². The fourth-order valence-electron chi connectivity index (χ4n) is 1.67. The molecule has 20 heavy (non-hydrogen) atoms. The molecule has 1 atom stereocenters. The highest BCUT2D eigenvalue weighted by Crippen LogP contribution is 2.22. The van der Waals surface area contributed by atoms with E-state index in [0.717, 1.165) is 5.56 Å². The van der Waals surface area contributed by atoms with Crippen molar-refractivity contribution in [3.05, 3.63) is 28.8 Å². The lowest BCUT2D eigenvalue weighted by Crippen LogP contribution is -2.41. The molecule has 0 aromatic heterocycles. The number of ether oxygens (including phenoxy) is 1. The van der Waals surface area contributed by atoms with Gasteiger partial charge in [-0.25, -0.2) is 0 Å². The molecular weight excluding hydrogens is 280 g/mol. The summed E-state index contributed by atoms with van der Waals surface area (Å²) < 4.78 is 4.63. The van der Waals surface area contributed by atoms with Crippen molar-refractivity contribution in [2.45, 2.75) is 26.3 Å². The summed E-state index contributed by atoms with van der Waals surface area (Å²) in [4.78, 5) is 23.2. The smallest absolute Gasteiger partial charge is 0.322 e. The maximum Gasteiger partial charge on any atom is 0.322 e. The molecule has 1 amide bonds. The number of rotatable bonds is 6. The molecule has 5 nitrogen and oxygen atoms in total. The minimum Gasteiger partial charge on any atom is -0.468 e. The highest BCUT2D eigenvalue weighted by atomic mass is 35.5. The molecule has 6 heteroatoms. The van der Waals surface area contributed by atoms with Crippen LogP contribution < -0.4 is 10.6 Å². The number of methoxy groups -OCH3 is 1. The van der Waals surface area contributed by atoms with Crippen LogP contribution in [0.25, 0.3) is 0 Å². The molecule has 2 N–H and O–H groups in total. The molecule has 0 radical (unpaired) electrons. The van der Waals surface area contributed by atoms with Crippen molar-refractivity contribution in [1.82, 2.24) is 5.32 Å². The van der Waals surface area contributed by atoms with Gasteiger partial charge in [-0.1, -0.05) is 24.6 Å². The lowest BCUT2D eigenvalue weighted by molar-refractivity contribution is -0.143. The first-order valence-corrected chi connectivity index (χ1v) is 6.73. The van der Waals surface area contributed by atoms with E-state index in [1.54, 1.807) is 12.1 Å². The van der Waals surface area contributed by atoms with Crippen LogP contribution in [0, 0.1) is 6.92 Å². The molecule has 0 saturated heterocycles. The van der Waals surface area contributed by atoms with Crippen molar-refractivity contribution in [2.75, 3.05) is 19.0 Å². The Labute approximate surface area is 123 Å². The number of aryl methyl sites for hydroxylation is 1. The molecule has 0 saturated carbocycles. The van der Waals surface area contributed by atoms with Crippen LogP contribution in [0.5, 0.6) is 0 Å². The van der Waals surface area contributed by atoms with Crippen LogP contribution in [0.2, 0.25) is 5.02 Å². The first-order valence-electron chi connectivity index (χ1n) is 6.35. The van der Waals surface area contributed by atoms with Crippen molar-refractivity contribution in [3.63, 3.8) is 0 Å². The van der Waals surface area contributed by atoms with Gasteiger partial charge in [-0.05, 0) is 31.0 Å². The summed E-state index contributed by atoms with van der Waals surface area (Å²) >= 11 is 6.03. The zero-order chi connectivity index (χ0) is 15.1. The van der Waals surface area contributed by atoms with Crippen LogP contribution in [0.15, 0.2) is 18.2 Å². The van der Waals surface area contributed by atoms with E-state index in [2.05, 4.69) is 15.4 Å². The van der Waals surface area contributed by atoms with E-state index >= 15 is 0 Å². The second-order valence-corrected chi connectivity index (χ2v) is 4.80. The largest absolute Gasteiger partial charge is 0.468 e. The Balaban J connectivity index is 2.53. The fourth-order valence-corrected chi connectivity index (χ4v) is 1.95. The van der Waals surface area contributed by atoms with Gasteiger partial charge in [0.2, 0.25) is 5.91 Å². The van der Waals surface area contributed by atoms with Crippen molar-refractivity contribution < 1.29 is 14.3 Å². The second-order valence-electron chi connectivity index (χ2n) is 4.40. The zero-order valence-corrected chi connectivity index (χ0v) is 12.6. The number of nitrogens with one attached hydrogen (secondary N) is 2. The molecular formula is C14H19ClN2O3. The number of halogens is 1. The van der Waals surface area contributed by atoms with Gasteiger partial charge < -0.3 is 10.1 Å². The molecule has 0 heterocycles. The van der Waals surface area contributed by atoms with Gasteiger partial charge >= 0.3 is 5.97 Å². The van der Waals surface area contributed by atoms with Crippen LogP contribution in [0.1, 0.15) is 18.9 Å². The topological polar surface area (TPSA) is 67.4 Å². The predicted molar refractivity (Wildman–Crippen MR) is 78.9 cm³/mol. The Hall–Kier alpha value is -1.59. The summed E-state index contributed by atoms with van der Waals surface area (Å²) in [7, 11) is 1.32. The van der Waals surface area contributed by atoms with Gasteiger partial charge in [-0.2, -0.15) is 0 Å². The molecule has 1 aromatic carbocycles. The second kappa shape index (κ2) is 7.87. The van der Waals surface area contributed by atoms with E-state index in [1.165, 1.54) is 7.11 Å². The number of hydrogen-bond acceptors (Lipinski definition) is 4. The van der Waals surface area contributed by atoms with Crippen molar-refractivity contribution >= 4 is 29.2 Å². The summed E-state index contributed by atoms with van der Waals surface area (Å²) in [6.45, 7) is 3.77. The Morgan fingerprint density at radius 1 is 1.40 bits per heavy atom. The third-order valence-electron chi connectivity index (χ3n) is 2.80. The number of carbonyl (C=O) groups excluding carboxylic acids is 2. The first kappa shape index (κ1) is 16.5. The molecule has 1 unspecified atom stereocenters. The van der Waals surface area contributed by atoms with Crippen molar-refractivity contribution in [2.24, 2.45) is 0 Å². The van der Waals surface area contributed by atoms with Gasteiger partial charge in [-0.3, -0.25) is 14.9 Å². The average molecular weight is 299 g/mol. The van der Waals surface area contributed by atoms with E-state index in [-0.39, 0.29) is 18.4 Å². The Bertz CT molecular complexity index is 491. The van der Waals surface area contributed by atoms with Crippen molar-refractivity contribution in [3.8, 4) is 0 Å². The number of hydrogen-bond donors (Lipinski definition) is 2. The van der Waals surface area contributed by atoms with Gasteiger partial charge in [0.25, 0.3) is 0 Å². The highest BCUT2D eigenvalue weighted by molar-refractivity contribution is 6.33. The molecule has 1 aromatic rings. The molecule has 0 aliphatic rings. The maximum absolute atomic E-state index is 11.8. The molecule has 0 aliphatic heterocycles. The zero-order valence-electron chi connectivity index (χ0n) is 11.8. The summed E-state index contributed by atoms with van der Waals surface area (Å²) in [5.74, 6) is -0.647. The number of benzene rings is 1. The Morgan fingerprint density at radius 2 is 2.10 bits per heavy atom. The number of carbonyl (C=O) groups is 2. The monoisotopic (exact) mass is 298 g/mol. The minimum absolute atomic E-state index is 0.0117. The number of amides is 1. The van der Waals surface area contributed by atoms with E-state index in [1.807, 2.05) is 19.9 Å². The molecule has 0 fully saturated rings. The average Bonchev–Trinajstić information content (AvgIpc) is 2.42. The molecule has 110 valence electrons. The summed E-state index contributed by atoms with van der Waals surface area (Å²) in [6.07, 6.45) is 0.547. The van der Waals surface area contributed by atoms with E-state index in [9.17, 15) is 9.59 Å². The van der Waals surface area contributed by atoms with Gasteiger partial charge in [0.05, 0.1) is 24.4 Å². The number of anilines is 1. The third-order valence-corrected chi connectivity index (χ3v) is 3.11. The molecule has 0 aliphatic carbocycles. The molecule has 0 spiro atoms. The normalized spacial score (nSPS) is 11.8. The third kappa shape index (κ3) is 4.83. The maximum atomic E-state index is 11.8. The van der Waals surface area contributed by atoms with Crippen LogP contribution in [0.3, 0.4) is 0 Å². The summed E-state index contributed by atoms with van der Waals surface area (Å²) in [5, 5.41) is 6.01. The minimum atomic E-state index is -0.487. The lowest BCUT2D eigenvalue weighted by Gasteiger charge is -2.14. The SMILES string of the molecule is CCC(NCC(=O)Nc1ccc(C)cc1Cl)C(=O)OC. The molecule has 1 rings (SSSR count). The van der Waals surface area contributed by atoms with Gasteiger partial charge in [0.15, 0.2) is 0 Å². The van der Waals surface area contributed by atoms with Crippen LogP contribution >= 0.6 is 11.6 Å². The first-order chi connectivity index (χ1) is 9.47. The van der Waals surface area contributed by atoms with E-state index in [0.29, 0.717) is 17.1 Å². The van der Waals surface area contributed by atoms with Crippen LogP contribution in [-0.2, 0) is 14.3 Å². The van der Waals surface area contributed by atoms with Crippen LogP contribution in [0.4, 0.5) is 5.69 Å². The van der Waals surface area contributed by atoms with Crippen molar-refractivity contribution in [1.29, 1.82) is 0 Å². The summed E-state index contributed by atoms with van der Waals surface area (Å²) in [6, 6.07) is 4.89. The van der Waals surface area contributed by atoms with Gasteiger partial charge in [-0.15, -0.1) is 0 Å². The molecule has 0 bridgehead atoms. The van der Waals surface area contributed by atoms with Gasteiger partial charge in [0, 0.05) is 0 Å². The Morgan fingerprint density at radius 3 is 2.65 bits per heavy atom.